The lowest BCUT2D eigenvalue weighted by molar-refractivity contribution is -0.0760. The van der Waals surface area contributed by atoms with Gasteiger partial charge in [0, 0.05) is 12.8 Å². The summed E-state index contributed by atoms with van der Waals surface area (Å²) in [6.07, 6.45) is 4.36. The molecule has 18 heavy (non-hydrogen) atoms. The molecule has 1 aliphatic heterocycles. The van der Waals surface area contributed by atoms with Crippen molar-refractivity contribution in [3.05, 3.63) is 17.6 Å². The van der Waals surface area contributed by atoms with Crippen LogP contribution in [0.3, 0.4) is 0 Å². The van der Waals surface area contributed by atoms with Crippen LogP contribution in [0, 0.1) is 0 Å². The Labute approximate surface area is 106 Å². The van der Waals surface area contributed by atoms with E-state index in [4.69, 9.17) is 10.5 Å². The van der Waals surface area contributed by atoms with Gasteiger partial charge in [0.05, 0.1) is 7.11 Å². The summed E-state index contributed by atoms with van der Waals surface area (Å²) < 4.78 is 10.3. The van der Waals surface area contributed by atoms with Gasteiger partial charge in [-0.3, -0.25) is 0 Å². The zero-order chi connectivity index (χ0) is 13.2. The van der Waals surface area contributed by atoms with Crippen molar-refractivity contribution < 1.29 is 14.3 Å². The summed E-state index contributed by atoms with van der Waals surface area (Å²) in [7, 11) is 1.29. The first-order valence-corrected chi connectivity index (χ1v) is 5.92. The molecule has 6 heteroatoms. The Balaban J connectivity index is 2.30. The summed E-state index contributed by atoms with van der Waals surface area (Å²) in [6, 6.07) is 0. The van der Waals surface area contributed by atoms with Crippen molar-refractivity contribution in [1.82, 2.24) is 9.97 Å². The molecule has 2 rings (SSSR count). The fourth-order valence-electron chi connectivity index (χ4n) is 2.03. The second-order valence-corrected chi connectivity index (χ2v) is 4.52. The van der Waals surface area contributed by atoms with E-state index < -0.39 is 11.6 Å². The van der Waals surface area contributed by atoms with Crippen LogP contribution in [0.15, 0.2) is 6.20 Å². The number of carbonyl (C=O) groups excluding carboxylic acids is 1. The monoisotopic (exact) mass is 251 g/mol. The van der Waals surface area contributed by atoms with Crippen LogP contribution in [0.5, 0.6) is 0 Å². The van der Waals surface area contributed by atoms with E-state index in [9.17, 15) is 4.79 Å². The second kappa shape index (κ2) is 4.89. The number of methoxy groups -OCH3 is 1. The van der Waals surface area contributed by atoms with Crippen LogP contribution in [-0.4, -0.2) is 29.7 Å². The maximum Gasteiger partial charge on any atom is 0.343 e. The molecule has 1 fully saturated rings. The predicted octanol–water partition coefficient (Wildman–Crippen LogP) is 1.26. The molecule has 1 aromatic heterocycles. The van der Waals surface area contributed by atoms with Crippen molar-refractivity contribution in [2.75, 3.05) is 19.5 Å². The summed E-state index contributed by atoms with van der Waals surface area (Å²) in [5.41, 5.74) is 5.42. The number of hydrogen-bond acceptors (Lipinski definition) is 6. The number of nitrogen functional groups attached to an aromatic ring is 1. The van der Waals surface area contributed by atoms with E-state index in [0.717, 1.165) is 19.3 Å². The standard InChI is InChI=1S/C12H17N3O3/c1-12(5-3-4-6-18-12)11-14-7-8(9(13)15-11)10(16)17-2/h7H,3-6H2,1-2H3,(H2,13,14,15). The minimum atomic E-state index is -0.534. The van der Waals surface area contributed by atoms with Crippen LogP contribution >= 0.6 is 0 Å². The second-order valence-electron chi connectivity index (χ2n) is 4.52. The molecule has 2 N–H and O–H groups in total. The average molecular weight is 251 g/mol. The first kappa shape index (κ1) is 12.8. The summed E-state index contributed by atoms with van der Waals surface area (Å²) in [5.74, 6) is 0.114. The third-order valence-corrected chi connectivity index (χ3v) is 3.17. The minimum Gasteiger partial charge on any atom is -0.465 e. The van der Waals surface area contributed by atoms with Crippen molar-refractivity contribution in [3.8, 4) is 0 Å². The maximum absolute atomic E-state index is 11.4. The molecule has 1 aromatic rings. The molecule has 1 unspecified atom stereocenters. The van der Waals surface area contributed by atoms with Gasteiger partial charge < -0.3 is 15.2 Å². The van der Waals surface area contributed by atoms with Crippen molar-refractivity contribution >= 4 is 11.8 Å². The number of rotatable bonds is 2. The SMILES string of the molecule is COC(=O)c1cnc(C2(C)CCCCO2)nc1N. The smallest absolute Gasteiger partial charge is 0.343 e. The van der Waals surface area contributed by atoms with Crippen LogP contribution in [0.1, 0.15) is 42.4 Å². The zero-order valence-electron chi connectivity index (χ0n) is 10.6. The van der Waals surface area contributed by atoms with E-state index in [1.807, 2.05) is 6.92 Å². The molecule has 0 amide bonds. The molecule has 0 radical (unpaired) electrons. The van der Waals surface area contributed by atoms with Crippen LogP contribution < -0.4 is 5.73 Å². The third-order valence-electron chi connectivity index (χ3n) is 3.17. The number of ether oxygens (including phenoxy) is 2. The molecule has 0 aliphatic carbocycles. The van der Waals surface area contributed by atoms with Crippen molar-refractivity contribution in [3.63, 3.8) is 0 Å². The summed E-state index contributed by atoms with van der Waals surface area (Å²) in [6.45, 7) is 2.64. The van der Waals surface area contributed by atoms with Gasteiger partial charge >= 0.3 is 5.97 Å². The molecular weight excluding hydrogens is 234 g/mol. The van der Waals surface area contributed by atoms with Gasteiger partial charge in [-0.05, 0) is 26.2 Å². The van der Waals surface area contributed by atoms with Crippen LogP contribution in [0.2, 0.25) is 0 Å². The molecule has 1 atom stereocenters. The van der Waals surface area contributed by atoms with Gasteiger partial charge in [-0.2, -0.15) is 0 Å². The lowest BCUT2D eigenvalue weighted by Gasteiger charge is -2.32. The average Bonchev–Trinajstić information content (AvgIpc) is 2.38. The van der Waals surface area contributed by atoms with Gasteiger partial charge in [-0.1, -0.05) is 0 Å². The number of hydrogen-bond donors (Lipinski definition) is 1. The van der Waals surface area contributed by atoms with Gasteiger partial charge in [-0.25, -0.2) is 14.8 Å². The fourth-order valence-corrected chi connectivity index (χ4v) is 2.03. The first-order valence-electron chi connectivity index (χ1n) is 5.92. The quantitative estimate of drug-likeness (QED) is 0.796. The van der Waals surface area contributed by atoms with Gasteiger partial charge in [0.25, 0.3) is 0 Å². The Bertz CT molecular complexity index is 456. The molecule has 0 saturated carbocycles. The summed E-state index contributed by atoms with van der Waals surface area (Å²) >= 11 is 0. The summed E-state index contributed by atoms with van der Waals surface area (Å²) in [5, 5.41) is 0. The molecule has 1 aliphatic rings. The van der Waals surface area contributed by atoms with E-state index in [0.29, 0.717) is 12.4 Å². The molecular formula is C12H17N3O3. The van der Waals surface area contributed by atoms with Crippen molar-refractivity contribution in [2.45, 2.75) is 31.8 Å². The Morgan fingerprint density at radius 2 is 2.33 bits per heavy atom. The van der Waals surface area contributed by atoms with Crippen LogP contribution in [0.25, 0.3) is 0 Å². The highest BCUT2D eigenvalue weighted by Crippen LogP contribution is 2.32. The van der Waals surface area contributed by atoms with E-state index in [1.165, 1.54) is 13.3 Å². The Kier molecular flexibility index (Phi) is 3.47. The maximum atomic E-state index is 11.4. The van der Waals surface area contributed by atoms with Crippen LogP contribution in [0.4, 0.5) is 5.82 Å². The topological polar surface area (TPSA) is 87.3 Å². The number of aromatic nitrogens is 2. The molecule has 1 saturated heterocycles. The normalized spacial score (nSPS) is 23.7. The summed E-state index contributed by atoms with van der Waals surface area (Å²) in [4.78, 5) is 19.8. The van der Waals surface area contributed by atoms with Crippen molar-refractivity contribution in [2.24, 2.45) is 0 Å². The van der Waals surface area contributed by atoms with E-state index >= 15 is 0 Å². The van der Waals surface area contributed by atoms with Crippen molar-refractivity contribution in [1.29, 1.82) is 0 Å². The Morgan fingerprint density at radius 1 is 1.56 bits per heavy atom. The highest BCUT2D eigenvalue weighted by atomic mass is 16.5. The number of carbonyl (C=O) groups is 1. The van der Waals surface area contributed by atoms with E-state index in [-0.39, 0.29) is 11.4 Å². The number of anilines is 1. The molecule has 98 valence electrons. The predicted molar refractivity (Wildman–Crippen MR) is 64.9 cm³/mol. The number of esters is 1. The van der Waals surface area contributed by atoms with Crippen LogP contribution in [-0.2, 0) is 15.1 Å². The lowest BCUT2D eigenvalue weighted by atomic mass is 9.95. The Morgan fingerprint density at radius 3 is 2.89 bits per heavy atom. The molecule has 0 spiro atoms. The minimum absolute atomic E-state index is 0.127. The highest BCUT2D eigenvalue weighted by molar-refractivity contribution is 5.93. The van der Waals surface area contributed by atoms with Gasteiger partial charge in [0.15, 0.2) is 5.82 Å². The molecule has 0 aromatic carbocycles. The lowest BCUT2D eigenvalue weighted by Crippen LogP contribution is -2.32. The largest absolute Gasteiger partial charge is 0.465 e. The van der Waals surface area contributed by atoms with Gasteiger partial charge in [-0.15, -0.1) is 0 Å². The van der Waals surface area contributed by atoms with E-state index in [1.54, 1.807) is 0 Å². The Hall–Kier alpha value is -1.69. The fraction of sp³-hybridized carbons (Fsp3) is 0.583. The van der Waals surface area contributed by atoms with Gasteiger partial charge in [0.2, 0.25) is 0 Å². The number of nitrogens with two attached hydrogens (primary N) is 1. The van der Waals surface area contributed by atoms with E-state index in [2.05, 4.69) is 14.7 Å². The molecule has 2 heterocycles. The molecule has 6 nitrogen and oxygen atoms in total. The first-order chi connectivity index (χ1) is 8.57. The zero-order valence-corrected chi connectivity index (χ0v) is 10.6. The number of nitrogens with zero attached hydrogens (tertiary/aromatic N) is 2. The molecule has 0 bridgehead atoms. The van der Waals surface area contributed by atoms with Gasteiger partial charge in [0.1, 0.15) is 17.0 Å². The third kappa shape index (κ3) is 2.28. The highest BCUT2D eigenvalue weighted by Gasteiger charge is 2.33.